The van der Waals surface area contributed by atoms with Crippen LogP contribution >= 0.6 is 0 Å². The molecule has 0 saturated carbocycles. The van der Waals surface area contributed by atoms with Crippen LogP contribution in [0.1, 0.15) is 226 Å². The van der Waals surface area contributed by atoms with E-state index >= 15 is 0 Å². The fraction of sp³-hybridized carbons (Fsp3) is 0.930. The van der Waals surface area contributed by atoms with Gasteiger partial charge in [0.25, 0.3) is 5.84 Å². The number of hydrogen-bond acceptors (Lipinski definition) is 7. The number of unbranched alkanes of at least 4 members (excludes halogenated alkanes) is 28. The van der Waals surface area contributed by atoms with E-state index < -0.39 is 10.4 Å². The second-order valence-electron chi connectivity index (χ2n) is 15.8. The number of nitrogens with one attached hydrogen (secondary N) is 1. The Hall–Kier alpha value is -1.36. The van der Waals surface area contributed by atoms with Crippen molar-refractivity contribution in [1.82, 2.24) is 5.32 Å². The zero-order valence-corrected chi connectivity index (χ0v) is 36.2. The summed E-state index contributed by atoms with van der Waals surface area (Å²) >= 11 is 0. The minimum Gasteiger partial charge on any atom is -0.726 e. The van der Waals surface area contributed by atoms with E-state index in [4.69, 9.17) is 0 Å². The van der Waals surface area contributed by atoms with Crippen LogP contribution in [0.4, 0.5) is 0 Å². The molecule has 0 aromatic heterocycles. The van der Waals surface area contributed by atoms with Gasteiger partial charge in [-0.15, -0.1) is 0 Å². The number of likely N-dealkylation sites (N-methyl/N-ethyl adjacent to an activating group) is 1. The summed E-state index contributed by atoms with van der Waals surface area (Å²) in [5.74, 6) is 0.978. The van der Waals surface area contributed by atoms with Crippen molar-refractivity contribution in [3.05, 3.63) is 0 Å². The first kappa shape index (κ1) is 51.6. The number of hydrogen-bond donors (Lipinski definition) is 1. The first-order valence-electron chi connectivity index (χ1n) is 22.3. The van der Waals surface area contributed by atoms with Gasteiger partial charge in [-0.25, -0.2) is 13.4 Å². The number of amides is 1. The number of aliphatic imine (C=N–C) groups is 1. The first-order valence-corrected chi connectivity index (χ1v) is 23.6. The third-order valence-corrected chi connectivity index (χ3v) is 11.4. The lowest BCUT2D eigenvalue weighted by Gasteiger charge is -2.35. The number of Topliss-reactive ketones (excluding diaryl/α,β-unsaturated/α-hetero) is 1. The van der Waals surface area contributed by atoms with Gasteiger partial charge in [0.1, 0.15) is 6.54 Å². The highest BCUT2D eigenvalue weighted by Gasteiger charge is 2.43. The Morgan fingerprint density at radius 3 is 1.26 bits per heavy atom. The largest absolute Gasteiger partial charge is 0.726 e. The maximum atomic E-state index is 13.2. The van der Waals surface area contributed by atoms with Crippen LogP contribution in [0.5, 0.6) is 0 Å². The standard InChI is InChI=1S/C42H81N3O2.CH4O4S/c1-5-7-9-11-13-15-17-19-21-23-25-27-29-31-33-35-40(46)42-43-37-38-45(42,4)39(3)44-41(47)36-34-32-30-28-26-24-22-20-18-16-14-12-10-8-6-2;1-5-6(2,3)4/h39H,5-38H2,1-4H3;1H3,(H,2,3,4). The minimum atomic E-state index is -4.41. The Bertz CT molecular complexity index is 1020. The Morgan fingerprint density at radius 2 is 0.943 bits per heavy atom. The van der Waals surface area contributed by atoms with Gasteiger partial charge < -0.3 is 9.87 Å². The maximum Gasteiger partial charge on any atom is 0.268 e. The van der Waals surface area contributed by atoms with E-state index in [1.54, 1.807) is 0 Å². The molecule has 0 saturated heterocycles. The second kappa shape index (κ2) is 35.1. The van der Waals surface area contributed by atoms with Crippen LogP contribution in [0.2, 0.25) is 0 Å². The Kier molecular flexibility index (Phi) is 34.2. The van der Waals surface area contributed by atoms with Gasteiger partial charge in [0.15, 0.2) is 6.17 Å². The van der Waals surface area contributed by atoms with E-state index in [-0.39, 0.29) is 17.9 Å². The predicted molar refractivity (Wildman–Crippen MR) is 222 cm³/mol. The molecule has 0 radical (unpaired) electrons. The van der Waals surface area contributed by atoms with Gasteiger partial charge in [0.2, 0.25) is 22.1 Å². The molecule has 0 bridgehead atoms. The van der Waals surface area contributed by atoms with Crippen LogP contribution in [0.25, 0.3) is 0 Å². The van der Waals surface area contributed by atoms with Crippen LogP contribution in [-0.2, 0) is 24.2 Å². The highest BCUT2D eigenvalue weighted by Crippen LogP contribution is 2.20. The molecule has 53 heavy (non-hydrogen) atoms. The Labute approximate surface area is 328 Å². The zero-order chi connectivity index (χ0) is 39.5. The summed E-state index contributed by atoms with van der Waals surface area (Å²) in [5.41, 5.74) is 0. The fourth-order valence-electron chi connectivity index (χ4n) is 7.25. The minimum absolute atomic E-state index is 0.118. The molecule has 1 aliphatic rings. The van der Waals surface area contributed by atoms with Crippen LogP contribution in [0, 0.1) is 0 Å². The van der Waals surface area contributed by atoms with E-state index in [1.165, 1.54) is 167 Å². The molecule has 0 aromatic rings. The fourth-order valence-corrected chi connectivity index (χ4v) is 7.25. The summed E-state index contributed by atoms with van der Waals surface area (Å²) < 4.78 is 31.5. The third kappa shape index (κ3) is 30.5. The SMILES string of the molecule is CCCCCCCCCCCCCCCCCC(=O)NC(C)[N+]1(C)CCN=C1C(=O)CCCCCCCCCCCCCCCCC.COS(=O)(=O)[O-]. The quantitative estimate of drug-likeness (QED) is 0.0293. The van der Waals surface area contributed by atoms with Gasteiger partial charge in [-0.3, -0.25) is 18.3 Å². The predicted octanol–water partition coefficient (Wildman–Crippen LogP) is 11.5. The van der Waals surface area contributed by atoms with Crippen molar-refractivity contribution >= 4 is 27.9 Å². The molecule has 10 heteroatoms. The van der Waals surface area contributed by atoms with Crippen molar-refractivity contribution in [3.63, 3.8) is 0 Å². The number of nitrogens with zero attached hydrogens (tertiary/aromatic N) is 2. The topological polar surface area (TPSA) is 125 Å². The van der Waals surface area contributed by atoms with Crippen molar-refractivity contribution in [2.45, 2.75) is 232 Å². The molecular weight excluding hydrogens is 687 g/mol. The molecule has 1 amide bonds. The molecule has 314 valence electrons. The van der Waals surface area contributed by atoms with Crippen molar-refractivity contribution in [1.29, 1.82) is 0 Å². The van der Waals surface area contributed by atoms with E-state index in [0.29, 0.717) is 29.7 Å². The summed E-state index contributed by atoms with van der Waals surface area (Å²) in [6.07, 6.45) is 41.0. The molecule has 0 spiro atoms. The summed E-state index contributed by atoms with van der Waals surface area (Å²) in [4.78, 5) is 30.5. The van der Waals surface area contributed by atoms with Crippen LogP contribution in [0.3, 0.4) is 0 Å². The lowest BCUT2D eigenvalue weighted by atomic mass is 10.0. The second-order valence-corrected chi connectivity index (χ2v) is 17.0. The average molecular weight is 772 g/mol. The summed E-state index contributed by atoms with van der Waals surface area (Å²) in [7, 11) is -1.53. The van der Waals surface area contributed by atoms with Gasteiger partial charge in [0, 0.05) is 19.8 Å². The summed E-state index contributed by atoms with van der Waals surface area (Å²) in [6, 6.07) is 0. The van der Waals surface area contributed by atoms with Crippen LogP contribution in [0.15, 0.2) is 4.99 Å². The molecule has 1 N–H and O–H groups in total. The zero-order valence-electron chi connectivity index (χ0n) is 35.4. The van der Waals surface area contributed by atoms with Crippen LogP contribution in [-0.4, -0.2) is 68.4 Å². The highest BCUT2D eigenvalue weighted by atomic mass is 32.3. The van der Waals surface area contributed by atoms with E-state index in [9.17, 15) is 22.6 Å². The number of carbonyl (C=O) groups is 2. The van der Waals surface area contributed by atoms with Crippen molar-refractivity contribution in [2.75, 3.05) is 27.2 Å². The van der Waals surface area contributed by atoms with Gasteiger partial charge in [0.05, 0.1) is 20.7 Å². The normalized spacial score (nSPS) is 16.2. The molecule has 1 heterocycles. The lowest BCUT2D eigenvalue weighted by molar-refractivity contribution is -0.839. The first-order chi connectivity index (χ1) is 25.5. The molecule has 0 aromatic carbocycles. The summed E-state index contributed by atoms with van der Waals surface area (Å²) in [6.45, 7) is 8.08. The average Bonchev–Trinajstić information content (AvgIpc) is 3.54. The third-order valence-electron chi connectivity index (χ3n) is 11.0. The number of ketones is 1. The van der Waals surface area contributed by atoms with Crippen LogP contribution < -0.4 is 5.32 Å². The van der Waals surface area contributed by atoms with E-state index in [1.807, 2.05) is 6.92 Å². The summed E-state index contributed by atoms with van der Waals surface area (Å²) in [5, 5.41) is 3.22. The number of amidine groups is 1. The number of rotatable bonds is 36. The van der Waals surface area contributed by atoms with Crippen molar-refractivity contribution in [3.8, 4) is 0 Å². The smallest absolute Gasteiger partial charge is 0.268 e. The van der Waals surface area contributed by atoms with Gasteiger partial charge in [-0.05, 0) is 12.8 Å². The molecule has 2 atom stereocenters. The highest BCUT2D eigenvalue weighted by molar-refractivity contribution is 7.80. The lowest BCUT2D eigenvalue weighted by Crippen LogP contribution is -2.62. The van der Waals surface area contributed by atoms with Crippen molar-refractivity contribution < 1.29 is 31.2 Å². The maximum absolute atomic E-state index is 13.2. The van der Waals surface area contributed by atoms with Gasteiger partial charge >= 0.3 is 0 Å². The molecule has 0 aliphatic carbocycles. The molecule has 0 fully saturated rings. The molecule has 2 unspecified atom stereocenters. The monoisotopic (exact) mass is 772 g/mol. The molecule has 9 nitrogen and oxygen atoms in total. The molecule has 1 rings (SSSR count). The number of quaternary nitrogens is 1. The van der Waals surface area contributed by atoms with Gasteiger partial charge in [-0.1, -0.05) is 194 Å². The van der Waals surface area contributed by atoms with Gasteiger partial charge in [-0.2, -0.15) is 0 Å². The number of carbonyl (C=O) groups excluding carboxylic acids is 2. The Morgan fingerprint density at radius 1 is 0.642 bits per heavy atom. The molecule has 1 aliphatic heterocycles. The van der Waals surface area contributed by atoms with Crippen molar-refractivity contribution in [2.24, 2.45) is 4.99 Å². The van der Waals surface area contributed by atoms with E-state index in [2.05, 4.69) is 35.4 Å². The Balaban J connectivity index is 0.00000413. The molecular formula is C43H85N3O6S. The van der Waals surface area contributed by atoms with E-state index in [0.717, 1.165) is 39.3 Å².